The zero-order chi connectivity index (χ0) is 14.0. The predicted octanol–water partition coefficient (Wildman–Crippen LogP) is 2.93. The molecule has 0 amide bonds. The van der Waals surface area contributed by atoms with E-state index >= 15 is 0 Å². The predicted molar refractivity (Wildman–Crippen MR) is 72.0 cm³/mol. The van der Waals surface area contributed by atoms with Crippen LogP contribution in [-0.4, -0.2) is 20.2 Å². The van der Waals surface area contributed by atoms with E-state index in [-0.39, 0.29) is 5.75 Å². The molecule has 2 aromatic rings. The van der Waals surface area contributed by atoms with Gasteiger partial charge in [-0.15, -0.1) is 11.3 Å². The van der Waals surface area contributed by atoms with E-state index in [1.54, 1.807) is 11.4 Å². The summed E-state index contributed by atoms with van der Waals surface area (Å²) in [7, 11) is 2.68. The highest BCUT2D eigenvalue weighted by atomic mass is 32.1. The molecule has 2 N–H and O–H groups in total. The van der Waals surface area contributed by atoms with E-state index < -0.39 is 11.8 Å². The van der Waals surface area contributed by atoms with Crippen LogP contribution in [0.15, 0.2) is 23.6 Å². The fraction of sp³-hybridized carbons (Fsp3) is 0.154. The molecular formula is C13H12FNO3S. The van der Waals surface area contributed by atoms with Crippen molar-refractivity contribution >= 4 is 23.0 Å². The molecule has 2 rings (SSSR count). The molecule has 0 spiro atoms. The van der Waals surface area contributed by atoms with E-state index in [1.807, 2.05) is 0 Å². The summed E-state index contributed by atoms with van der Waals surface area (Å²) in [5, 5.41) is 1.70. The average molecular weight is 281 g/mol. The van der Waals surface area contributed by atoms with E-state index in [2.05, 4.69) is 4.74 Å². The summed E-state index contributed by atoms with van der Waals surface area (Å²) < 4.78 is 23.1. The van der Waals surface area contributed by atoms with Crippen molar-refractivity contribution in [3.05, 3.63) is 34.3 Å². The molecule has 0 aliphatic heterocycles. The van der Waals surface area contributed by atoms with Crippen LogP contribution in [0.25, 0.3) is 11.1 Å². The Balaban J connectivity index is 2.45. The topological polar surface area (TPSA) is 61.5 Å². The maximum absolute atomic E-state index is 13.6. The summed E-state index contributed by atoms with van der Waals surface area (Å²) >= 11 is 1.17. The minimum atomic E-state index is -0.497. The second kappa shape index (κ2) is 5.27. The van der Waals surface area contributed by atoms with E-state index in [1.165, 1.54) is 37.7 Å². The number of halogens is 1. The molecule has 0 aliphatic rings. The largest absolute Gasteiger partial charge is 0.494 e. The number of thiophene rings is 1. The number of esters is 1. The Hall–Kier alpha value is -2.08. The van der Waals surface area contributed by atoms with Gasteiger partial charge in [-0.2, -0.15) is 0 Å². The molecule has 0 bridgehead atoms. The molecule has 0 atom stereocenters. The van der Waals surface area contributed by atoms with Crippen LogP contribution < -0.4 is 10.5 Å². The number of methoxy groups -OCH3 is 2. The molecule has 0 saturated carbocycles. The Labute approximate surface area is 113 Å². The van der Waals surface area contributed by atoms with Crippen molar-refractivity contribution in [2.24, 2.45) is 0 Å². The van der Waals surface area contributed by atoms with E-state index in [4.69, 9.17) is 10.5 Å². The number of carbonyl (C=O) groups is 1. The minimum absolute atomic E-state index is 0.158. The Kier molecular flexibility index (Phi) is 3.71. The summed E-state index contributed by atoms with van der Waals surface area (Å²) in [5.74, 6) is -0.821. The molecule has 1 aromatic heterocycles. The van der Waals surface area contributed by atoms with Crippen molar-refractivity contribution in [3.8, 4) is 16.9 Å². The Morgan fingerprint density at radius 3 is 2.68 bits per heavy atom. The number of hydrogen-bond donors (Lipinski definition) is 1. The third-order valence-electron chi connectivity index (χ3n) is 2.66. The smallest absolute Gasteiger partial charge is 0.350 e. The van der Waals surface area contributed by atoms with Gasteiger partial charge in [-0.05, 0) is 17.7 Å². The molecule has 0 radical (unpaired) electrons. The minimum Gasteiger partial charge on any atom is -0.494 e. The normalized spacial score (nSPS) is 10.3. The first-order chi connectivity index (χ1) is 9.08. The third kappa shape index (κ3) is 2.39. The van der Waals surface area contributed by atoms with Crippen molar-refractivity contribution < 1.29 is 18.7 Å². The van der Waals surface area contributed by atoms with Crippen molar-refractivity contribution in [1.29, 1.82) is 0 Å². The van der Waals surface area contributed by atoms with Crippen LogP contribution in [0, 0.1) is 5.82 Å². The molecule has 1 heterocycles. The number of carbonyl (C=O) groups excluding carboxylic acids is 1. The summed E-state index contributed by atoms with van der Waals surface area (Å²) in [6.45, 7) is 0. The van der Waals surface area contributed by atoms with Crippen LogP contribution in [0.1, 0.15) is 9.67 Å². The molecule has 0 unspecified atom stereocenters. The van der Waals surface area contributed by atoms with Gasteiger partial charge in [0.15, 0.2) is 11.6 Å². The molecular weight excluding hydrogens is 269 g/mol. The van der Waals surface area contributed by atoms with Crippen LogP contribution in [0.5, 0.6) is 5.75 Å². The number of ether oxygens (including phenoxy) is 2. The maximum Gasteiger partial charge on any atom is 0.350 e. The highest BCUT2D eigenvalue weighted by Gasteiger charge is 2.17. The van der Waals surface area contributed by atoms with E-state index in [9.17, 15) is 9.18 Å². The second-order valence-corrected chi connectivity index (χ2v) is 4.61. The monoisotopic (exact) mass is 281 g/mol. The summed E-state index contributed by atoms with van der Waals surface area (Å²) in [6, 6.07) is 4.51. The number of anilines is 1. The summed E-state index contributed by atoms with van der Waals surface area (Å²) in [5.41, 5.74) is 7.37. The number of rotatable bonds is 3. The number of benzene rings is 1. The van der Waals surface area contributed by atoms with Crippen LogP contribution in [0.2, 0.25) is 0 Å². The highest BCUT2D eigenvalue weighted by molar-refractivity contribution is 7.13. The van der Waals surface area contributed by atoms with Crippen LogP contribution >= 0.6 is 11.3 Å². The Morgan fingerprint density at radius 2 is 2.11 bits per heavy atom. The maximum atomic E-state index is 13.6. The van der Waals surface area contributed by atoms with E-state index in [0.29, 0.717) is 21.7 Å². The van der Waals surface area contributed by atoms with Crippen molar-refractivity contribution in [2.45, 2.75) is 0 Å². The van der Waals surface area contributed by atoms with Gasteiger partial charge in [-0.25, -0.2) is 9.18 Å². The first-order valence-electron chi connectivity index (χ1n) is 5.37. The quantitative estimate of drug-likeness (QED) is 0.879. The lowest BCUT2D eigenvalue weighted by Crippen LogP contribution is -2.02. The fourth-order valence-electron chi connectivity index (χ4n) is 1.68. The van der Waals surface area contributed by atoms with Gasteiger partial charge in [-0.3, -0.25) is 0 Å². The molecule has 0 aliphatic carbocycles. The van der Waals surface area contributed by atoms with Gasteiger partial charge < -0.3 is 15.2 Å². The van der Waals surface area contributed by atoms with Crippen LogP contribution in [0.4, 0.5) is 10.1 Å². The lowest BCUT2D eigenvalue weighted by Gasteiger charge is -2.05. The molecule has 0 saturated heterocycles. The Morgan fingerprint density at radius 1 is 1.37 bits per heavy atom. The Bertz CT molecular complexity index is 624. The summed E-state index contributed by atoms with van der Waals surface area (Å²) in [4.78, 5) is 11.8. The molecule has 4 nitrogen and oxygen atoms in total. The highest BCUT2D eigenvalue weighted by Crippen LogP contribution is 2.35. The number of hydrogen-bond acceptors (Lipinski definition) is 5. The van der Waals surface area contributed by atoms with Gasteiger partial charge in [0.05, 0.1) is 19.9 Å². The molecule has 1 aromatic carbocycles. The first-order valence-corrected chi connectivity index (χ1v) is 6.25. The van der Waals surface area contributed by atoms with Gasteiger partial charge >= 0.3 is 5.97 Å². The second-order valence-electron chi connectivity index (χ2n) is 3.73. The van der Waals surface area contributed by atoms with Crippen LogP contribution in [0.3, 0.4) is 0 Å². The van der Waals surface area contributed by atoms with Gasteiger partial charge in [0.25, 0.3) is 0 Å². The third-order valence-corrected chi connectivity index (χ3v) is 3.64. The molecule has 100 valence electrons. The molecule has 0 fully saturated rings. The lowest BCUT2D eigenvalue weighted by atomic mass is 10.1. The van der Waals surface area contributed by atoms with Gasteiger partial charge in [-0.1, -0.05) is 6.07 Å². The van der Waals surface area contributed by atoms with Crippen molar-refractivity contribution in [3.63, 3.8) is 0 Å². The lowest BCUT2D eigenvalue weighted by molar-refractivity contribution is 0.0607. The number of nitrogens with two attached hydrogens (primary N) is 1. The number of nitrogen functional groups attached to an aromatic ring is 1. The van der Waals surface area contributed by atoms with Crippen molar-refractivity contribution in [1.82, 2.24) is 0 Å². The molecule has 19 heavy (non-hydrogen) atoms. The summed E-state index contributed by atoms with van der Waals surface area (Å²) in [6.07, 6.45) is 0. The average Bonchev–Trinajstić information content (AvgIpc) is 2.79. The zero-order valence-corrected chi connectivity index (χ0v) is 11.2. The van der Waals surface area contributed by atoms with Crippen LogP contribution in [-0.2, 0) is 4.74 Å². The van der Waals surface area contributed by atoms with Gasteiger partial charge in [0, 0.05) is 10.9 Å². The fourth-order valence-corrected chi connectivity index (χ4v) is 2.59. The SMILES string of the molecule is COC(=O)c1scc(-c2ccc(OC)c(F)c2)c1N. The zero-order valence-electron chi connectivity index (χ0n) is 10.4. The van der Waals surface area contributed by atoms with Gasteiger partial charge in [0.1, 0.15) is 4.88 Å². The van der Waals surface area contributed by atoms with E-state index in [0.717, 1.165) is 0 Å². The standard InChI is InChI=1S/C13H12FNO3S/c1-17-10-4-3-7(5-9(10)14)8-6-19-12(11(8)15)13(16)18-2/h3-6H,15H2,1-2H3. The van der Waals surface area contributed by atoms with Gasteiger partial charge in [0.2, 0.25) is 0 Å². The van der Waals surface area contributed by atoms with Crippen molar-refractivity contribution in [2.75, 3.05) is 20.0 Å². The first kappa shape index (κ1) is 13.4. The molecule has 6 heteroatoms.